The zero-order valence-electron chi connectivity index (χ0n) is 19.9. The van der Waals surface area contributed by atoms with Gasteiger partial charge in [-0.25, -0.2) is 4.68 Å². The molecule has 1 atom stereocenters. The molecule has 10 heteroatoms. The van der Waals surface area contributed by atoms with Gasteiger partial charge in [-0.2, -0.15) is 18.3 Å². The number of hydrogen-bond donors (Lipinski definition) is 1. The van der Waals surface area contributed by atoms with Gasteiger partial charge in [0.05, 0.1) is 41.4 Å². The fourth-order valence-electron chi connectivity index (χ4n) is 4.29. The van der Waals surface area contributed by atoms with E-state index in [9.17, 15) is 22.8 Å². The molecule has 0 spiro atoms. The van der Waals surface area contributed by atoms with Crippen molar-refractivity contribution in [3.05, 3.63) is 46.8 Å². The second-order valence-electron chi connectivity index (χ2n) is 8.98. The number of nitrogens with zero attached hydrogens (tertiary/aromatic N) is 3. The lowest BCUT2D eigenvalue weighted by Crippen LogP contribution is -2.50. The number of Topliss-reactive ketones (excluding diaryl/α,β-unsaturated/α-hetero) is 1. The highest BCUT2D eigenvalue weighted by Gasteiger charge is 2.31. The number of nitrogens with one attached hydrogen (secondary N) is 1. The molecule has 0 radical (unpaired) electrons. The van der Waals surface area contributed by atoms with E-state index in [1.165, 1.54) is 16.8 Å². The van der Waals surface area contributed by atoms with Crippen LogP contribution in [0.15, 0.2) is 24.3 Å². The fourth-order valence-corrected chi connectivity index (χ4v) is 4.29. The Bertz CT molecular complexity index is 1030. The van der Waals surface area contributed by atoms with E-state index in [1.54, 1.807) is 13.8 Å². The minimum atomic E-state index is -4.50. The first-order chi connectivity index (χ1) is 16.0. The van der Waals surface area contributed by atoms with E-state index in [1.807, 2.05) is 0 Å². The topological polar surface area (TPSA) is 76.5 Å². The molecule has 1 N–H and O–H groups in total. The molecular weight excluding hydrogens is 449 g/mol. The maximum Gasteiger partial charge on any atom is 0.416 e. The molecule has 186 valence electrons. The van der Waals surface area contributed by atoms with Crippen LogP contribution in [-0.2, 0) is 15.7 Å². The monoisotopic (exact) mass is 480 g/mol. The van der Waals surface area contributed by atoms with Gasteiger partial charge in [-0.3, -0.25) is 14.5 Å². The first-order valence-corrected chi connectivity index (χ1v) is 11.4. The number of aromatic nitrogens is 2. The third-order valence-corrected chi connectivity index (χ3v) is 5.95. The van der Waals surface area contributed by atoms with E-state index in [-0.39, 0.29) is 23.0 Å². The lowest BCUT2D eigenvalue weighted by molar-refractivity contribution is -0.137. The Balaban J connectivity index is 1.76. The number of halogens is 3. The molecule has 1 saturated heterocycles. The molecule has 1 unspecified atom stereocenters. The summed E-state index contributed by atoms with van der Waals surface area (Å²) in [5.41, 5.74) is 0.0363. The SMILES string of the molecule is Cc1nn(-c2cccc(C(F)(F)F)c2)c(C)c1C(=O)C(=O)NCC(CC(C)C)N1CCOCC1. The summed E-state index contributed by atoms with van der Waals surface area (Å²) < 4.78 is 46.0. The van der Waals surface area contributed by atoms with Crippen LogP contribution in [0.25, 0.3) is 5.69 Å². The van der Waals surface area contributed by atoms with Gasteiger partial charge in [-0.15, -0.1) is 0 Å². The van der Waals surface area contributed by atoms with E-state index in [4.69, 9.17) is 4.74 Å². The van der Waals surface area contributed by atoms with Crippen molar-refractivity contribution in [2.45, 2.75) is 46.3 Å². The molecule has 0 aliphatic carbocycles. The van der Waals surface area contributed by atoms with Gasteiger partial charge < -0.3 is 10.1 Å². The molecule has 2 aromatic rings. The summed E-state index contributed by atoms with van der Waals surface area (Å²) in [4.78, 5) is 28.0. The van der Waals surface area contributed by atoms with E-state index >= 15 is 0 Å². The van der Waals surface area contributed by atoms with Crippen molar-refractivity contribution in [2.75, 3.05) is 32.8 Å². The predicted octanol–water partition coefficient (Wildman–Crippen LogP) is 3.55. The van der Waals surface area contributed by atoms with Gasteiger partial charge >= 0.3 is 6.18 Å². The molecule has 34 heavy (non-hydrogen) atoms. The van der Waals surface area contributed by atoms with Crippen LogP contribution < -0.4 is 5.32 Å². The van der Waals surface area contributed by atoms with Gasteiger partial charge in [-0.1, -0.05) is 19.9 Å². The van der Waals surface area contributed by atoms with Crippen LogP contribution in [0, 0.1) is 19.8 Å². The first-order valence-electron chi connectivity index (χ1n) is 11.4. The number of amides is 1. The van der Waals surface area contributed by atoms with Crippen molar-refractivity contribution >= 4 is 11.7 Å². The van der Waals surface area contributed by atoms with Crippen molar-refractivity contribution in [3.63, 3.8) is 0 Å². The average Bonchev–Trinajstić information content (AvgIpc) is 3.09. The standard InChI is InChI=1S/C24H31F3N4O3/c1-15(2)12-20(30-8-10-34-11-9-30)14-28-23(33)22(32)21-16(3)29-31(17(21)4)19-7-5-6-18(13-19)24(25,26)27/h5-7,13,15,20H,8-12,14H2,1-4H3,(H,28,33). The van der Waals surface area contributed by atoms with Crippen molar-refractivity contribution in [1.82, 2.24) is 20.0 Å². The van der Waals surface area contributed by atoms with Crippen LogP contribution in [0.1, 0.15) is 47.6 Å². The molecular formula is C24H31F3N4O3. The van der Waals surface area contributed by atoms with Crippen LogP contribution in [0.4, 0.5) is 13.2 Å². The highest BCUT2D eigenvalue weighted by atomic mass is 19.4. The second-order valence-corrected chi connectivity index (χ2v) is 8.98. The Morgan fingerprint density at radius 3 is 2.47 bits per heavy atom. The van der Waals surface area contributed by atoms with E-state index in [0.717, 1.165) is 31.6 Å². The van der Waals surface area contributed by atoms with Gasteiger partial charge in [0.25, 0.3) is 11.7 Å². The highest BCUT2D eigenvalue weighted by Crippen LogP contribution is 2.31. The third kappa shape index (κ3) is 6.04. The Hall–Kier alpha value is -2.72. The molecule has 1 aliphatic rings. The smallest absolute Gasteiger partial charge is 0.379 e. The predicted molar refractivity (Wildman–Crippen MR) is 121 cm³/mol. The summed E-state index contributed by atoms with van der Waals surface area (Å²) in [5.74, 6) is -1.09. The molecule has 3 rings (SSSR count). The molecule has 1 fully saturated rings. The second kappa shape index (κ2) is 10.7. The van der Waals surface area contributed by atoms with Gasteiger partial charge in [0.15, 0.2) is 0 Å². The molecule has 1 aliphatic heterocycles. The normalized spacial score (nSPS) is 16.0. The molecule has 1 aromatic carbocycles. The van der Waals surface area contributed by atoms with E-state index in [0.29, 0.717) is 31.4 Å². The van der Waals surface area contributed by atoms with Crippen molar-refractivity contribution in [1.29, 1.82) is 0 Å². The number of carbonyl (C=O) groups excluding carboxylic acids is 2. The number of ketones is 1. The highest BCUT2D eigenvalue weighted by molar-refractivity contribution is 6.43. The lowest BCUT2D eigenvalue weighted by Gasteiger charge is -2.35. The Labute approximate surface area is 197 Å². The minimum absolute atomic E-state index is 0.0793. The molecule has 0 bridgehead atoms. The summed E-state index contributed by atoms with van der Waals surface area (Å²) in [6.07, 6.45) is -3.64. The number of ether oxygens (including phenoxy) is 1. The average molecular weight is 481 g/mol. The molecule has 0 saturated carbocycles. The van der Waals surface area contributed by atoms with Crippen LogP contribution >= 0.6 is 0 Å². The van der Waals surface area contributed by atoms with Crippen LogP contribution in [-0.4, -0.2) is 65.3 Å². The van der Waals surface area contributed by atoms with Gasteiger partial charge in [0.2, 0.25) is 0 Å². The molecule has 1 amide bonds. The molecule has 1 aromatic heterocycles. The van der Waals surface area contributed by atoms with Crippen molar-refractivity contribution < 1.29 is 27.5 Å². The van der Waals surface area contributed by atoms with Crippen LogP contribution in [0.2, 0.25) is 0 Å². The maximum absolute atomic E-state index is 13.1. The quantitative estimate of drug-likeness (QED) is 0.462. The number of benzene rings is 1. The van der Waals surface area contributed by atoms with Gasteiger partial charge in [0.1, 0.15) is 0 Å². The van der Waals surface area contributed by atoms with Crippen LogP contribution in [0.3, 0.4) is 0 Å². The van der Waals surface area contributed by atoms with Crippen molar-refractivity contribution in [3.8, 4) is 5.69 Å². The van der Waals surface area contributed by atoms with Gasteiger partial charge in [-0.05, 0) is 44.4 Å². The summed E-state index contributed by atoms with van der Waals surface area (Å²) in [6.45, 7) is 10.5. The van der Waals surface area contributed by atoms with Gasteiger partial charge in [0, 0.05) is 25.7 Å². The Kier molecular flexibility index (Phi) is 8.14. The first kappa shape index (κ1) is 25.9. The summed E-state index contributed by atoms with van der Waals surface area (Å²) >= 11 is 0. The number of aryl methyl sites for hydroxylation is 1. The summed E-state index contributed by atoms with van der Waals surface area (Å²) in [6, 6.07) is 4.77. The fraction of sp³-hybridized carbons (Fsp3) is 0.542. The number of alkyl halides is 3. The zero-order valence-corrected chi connectivity index (χ0v) is 19.9. The number of hydrogen-bond acceptors (Lipinski definition) is 5. The van der Waals surface area contributed by atoms with E-state index < -0.39 is 23.4 Å². The maximum atomic E-state index is 13.1. The lowest BCUT2D eigenvalue weighted by atomic mass is 10.0. The number of rotatable bonds is 8. The molecule has 7 nitrogen and oxygen atoms in total. The number of morpholine rings is 1. The summed E-state index contributed by atoms with van der Waals surface area (Å²) in [5, 5.41) is 7.00. The third-order valence-electron chi connectivity index (χ3n) is 5.95. The zero-order chi connectivity index (χ0) is 25.0. The minimum Gasteiger partial charge on any atom is -0.379 e. The van der Waals surface area contributed by atoms with E-state index in [2.05, 4.69) is 29.2 Å². The summed E-state index contributed by atoms with van der Waals surface area (Å²) in [7, 11) is 0. The van der Waals surface area contributed by atoms with Crippen LogP contribution in [0.5, 0.6) is 0 Å². The van der Waals surface area contributed by atoms with Crippen molar-refractivity contribution in [2.24, 2.45) is 5.92 Å². The molecule has 2 heterocycles. The Morgan fingerprint density at radius 2 is 1.85 bits per heavy atom. The Morgan fingerprint density at radius 1 is 1.18 bits per heavy atom. The largest absolute Gasteiger partial charge is 0.416 e. The number of carbonyl (C=O) groups is 2.